The minimum Gasteiger partial charge on any atom is -0.496 e. The number of rotatable bonds is 7. The van der Waals surface area contributed by atoms with Gasteiger partial charge in [-0.25, -0.2) is 14.4 Å². The van der Waals surface area contributed by atoms with E-state index in [1.54, 1.807) is 19.1 Å². The highest BCUT2D eigenvalue weighted by Gasteiger charge is 2.66. The molecule has 0 aliphatic heterocycles. The van der Waals surface area contributed by atoms with Crippen LogP contribution in [0, 0.1) is 12.7 Å². The van der Waals surface area contributed by atoms with Crippen LogP contribution in [0.15, 0.2) is 40.9 Å². The zero-order chi connectivity index (χ0) is 28.1. The van der Waals surface area contributed by atoms with Gasteiger partial charge >= 0.3 is 6.18 Å². The van der Waals surface area contributed by atoms with Crippen molar-refractivity contribution in [2.24, 2.45) is 5.73 Å². The van der Waals surface area contributed by atoms with Crippen molar-refractivity contribution in [1.82, 2.24) is 15.1 Å². The summed E-state index contributed by atoms with van der Waals surface area (Å²) in [6.07, 6.45) is -5.18. The molecule has 1 aliphatic rings. The van der Waals surface area contributed by atoms with Crippen LogP contribution in [0.25, 0.3) is 22.3 Å². The summed E-state index contributed by atoms with van der Waals surface area (Å²) in [5.41, 5.74) is 5.08. The van der Waals surface area contributed by atoms with Gasteiger partial charge in [0.2, 0.25) is 5.91 Å². The molecular formula is C26H21F4N5O4. The monoisotopic (exact) mass is 543 g/mol. The van der Waals surface area contributed by atoms with Gasteiger partial charge in [0.25, 0.3) is 5.91 Å². The summed E-state index contributed by atoms with van der Waals surface area (Å²) in [6, 6.07) is 8.23. The molecule has 2 amide bonds. The normalized spacial score (nSPS) is 14.3. The maximum Gasteiger partial charge on any atom is 0.401 e. The van der Waals surface area contributed by atoms with Gasteiger partial charge in [0.15, 0.2) is 17.3 Å². The Balaban J connectivity index is 1.37. The lowest BCUT2D eigenvalue weighted by atomic mass is 10.0. The fourth-order valence-corrected chi connectivity index (χ4v) is 4.33. The van der Waals surface area contributed by atoms with Gasteiger partial charge in [0.05, 0.1) is 24.6 Å². The summed E-state index contributed by atoms with van der Waals surface area (Å²) in [6.45, 7) is 1.81. The van der Waals surface area contributed by atoms with Crippen LogP contribution in [0.1, 0.15) is 40.2 Å². The van der Waals surface area contributed by atoms with E-state index in [1.165, 1.54) is 19.2 Å². The molecule has 2 aromatic carbocycles. The quantitative estimate of drug-likeness (QED) is 0.325. The molecular weight excluding hydrogens is 522 g/mol. The molecule has 0 spiro atoms. The molecule has 0 radical (unpaired) electrons. The number of nitrogens with one attached hydrogen (secondary N) is 1. The van der Waals surface area contributed by atoms with E-state index in [9.17, 15) is 22.8 Å². The number of halogens is 4. The molecule has 202 valence electrons. The smallest absolute Gasteiger partial charge is 0.401 e. The van der Waals surface area contributed by atoms with E-state index < -0.39 is 35.6 Å². The van der Waals surface area contributed by atoms with Crippen LogP contribution in [0.3, 0.4) is 0 Å². The molecule has 1 fully saturated rings. The third-order valence-corrected chi connectivity index (χ3v) is 6.63. The van der Waals surface area contributed by atoms with Gasteiger partial charge in [-0.2, -0.15) is 13.2 Å². The van der Waals surface area contributed by atoms with E-state index in [4.69, 9.17) is 15.0 Å². The van der Waals surface area contributed by atoms with Gasteiger partial charge in [-0.3, -0.25) is 9.59 Å². The number of nitrogens with zero attached hydrogens (tertiary/aromatic N) is 3. The topological polar surface area (TPSA) is 133 Å². The number of methoxy groups -OCH3 is 1. The molecule has 0 unspecified atom stereocenters. The van der Waals surface area contributed by atoms with Gasteiger partial charge in [-0.1, -0.05) is 17.3 Å². The Morgan fingerprint density at radius 3 is 2.46 bits per heavy atom. The molecule has 4 aromatic rings. The SMILES string of the molecule is COc1cc2nc(C(N)=O)c(-c3ccc(CC(=O)Nc4cc(C5(C(F)(F)F)CC5)on4)c(F)c3)nc2cc1C. The molecule has 0 bridgehead atoms. The van der Waals surface area contributed by atoms with Gasteiger partial charge in [-0.15, -0.1) is 0 Å². The second-order valence-corrected chi connectivity index (χ2v) is 9.28. The van der Waals surface area contributed by atoms with Crippen molar-refractivity contribution < 1.29 is 36.4 Å². The Morgan fingerprint density at radius 2 is 1.85 bits per heavy atom. The van der Waals surface area contributed by atoms with Gasteiger partial charge in [0.1, 0.15) is 22.7 Å². The fraction of sp³-hybridized carbons (Fsp3) is 0.269. The number of hydrogen-bond acceptors (Lipinski definition) is 7. The van der Waals surface area contributed by atoms with E-state index in [0.717, 1.165) is 17.7 Å². The largest absolute Gasteiger partial charge is 0.496 e. The maximum atomic E-state index is 15.0. The van der Waals surface area contributed by atoms with E-state index in [-0.39, 0.29) is 46.9 Å². The number of aryl methyl sites for hydroxylation is 1. The zero-order valence-corrected chi connectivity index (χ0v) is 20.6. The minimum atomic E-state index is -4.49. The van der Waals surface area contributed by atoms with Crippen molar-refractivity contribution in [3.63, 3.8) is 0 Å². The van der Waals surface area contributed by atoms with Crippen molar-refractivity contribution in [1.29, 1.82) is 0 Å². The number of nitrogens with two attached hydrogens (primary N) is 1. The van der Waals surface area contributed by atoms with Crippen LogP contribution in [-0.4, -0.2) is 40.2 Å². The highest BCUT2D eigenvalue weighted by molar-refractivity contribution is 5.99. The van der Waals surface area contributed by atoms with Crippen molar-refractivity contribution in [3.05, 3.63) is 64.8 Å². The summed E-state index contributed by atoms with van der Waals surface area (Å²) < 4.78 is 65.0. The lowest BCUT2D eigenvalue weighted by molar-refractivity contribution is -0.165. The number of fused-ring (bicyclic) bond motifs is 1. The molecule has 5 rings (SSSR count). The summed E-state index contributed by atoms with van der Waals surface area (Å²) in [4.78, 5) is 33.3. The number of primary amides is 1. The molecule has 0 atom stereocenters. The van der Waals surface area contributed by atoms with E-state index in [0.29, 0.717) is 16.8 Å². The first kappa shape index (κ1) is 26.1. The number of benzene rings is 2. The molecule has 1 saturated carbocycles. The predicted molar refractivity (Wildman–Crippen MR) is 131 cm³/mol. The van der Waals surface area contributed by atoms with E-state index >= 15 is 4.39 Å². The Hall–Kier alpha value is -4.55. The number of aromatic nitrogens is 3. The fourth-order valence-electron chi connectivity index (χ4n) is 4.33. The zero-order valence-electron chi connectivity index (χ0n) is 20.6. The lowest BCUT2D eigenvalue weighted by Gasteiger charge is -2.14. The first-order valence-electron chi connectivity index (χ1n) is 11.7. The number of amides is 2. The predicted octanol–water partition coefficient (Wildman–Crippen LogP) is 4.61. The lowest BCUT2D eigenvalue weighted by Crippen LogP contribution is -2.28. The van der Waals surface area contributed by atoms with Crippen LogP contribution in [0.2, 0.25) is 0 Å². The Bertz CT molecular complexity index is 1630. The molecule has 39 heavy (non-hydrogen) atoms. The van der Waals surface area contributed by atoms with E-state index in [1.807, 2.05) is 0 Å². The molecule has 13 heteroatoms. The van der Waals surface area contributed by atoms with Crippen LogP contribution in [0.4, 0.5) is 23.4 Å². The standard InChI is InChI=1S/C26H21F4N5O4/c1-12-7-16-17(10-18(12)38-2)33-23(24(31)37)22(32-16)14-4-3-13(15(27)8-14)9-21(36)34-20-11-19(39-35-20)25(5-6-25)26(28,29)30/h3-4,7-8,10-11H,5-6,9H2,1-2H3,(H2,31,37)(H,34,35,36). The van der Waals surface area contributed by atoms with Crippen molar-refractivity contribution in [2.75, 3.05) is 12.4 Å². The summed E-state index contributed by atoms with van der Waals surface area (Å²) >= 11 is 0. The van der Waals surface area contributed by atoms with Crippen LogP contribution < -0.4 is 15.8 Å². The van der Waals surface area contributed by atoms with Gasteiger partial charge in [-0.05, 0) is 43.0 Å². The number of ether oxygens (including phenoxy) is 1. The Kier molecular flexibility index (Phi) is 6.24. The maximum absolute atomic E-state index is 15.0. The van der Waals surface area contributed by atoms with Gasteiger partial charge < -0.3 is 20.3 Å². The molecule has 2 aromatic heterocycles. The van der Waals surface area contributed by atoms with Crippen LogP contribution >= 0.6 is 0 Å². The number of alkyl halides is 3. The van der Waals surface area contributed by atoms with Crippen LogP contribution in [0.5, 0.6) is 5.75 Å². The van der Waals surface area contributed by atoms with Crippen LogP contribution in [-0.2, 0) is 16.6 Å². The van der Waals surface area contributed by atoms with Crippen molar-refractivity contribution >= 4 is 28.7 Å². The average Bonchev–Trinajstić information content (AvgIpc) is 3.58. The number of carbonyl (C=O) groups excluding carboxylic acids is 2. The molecule has 1 aliphatic carbocycles. The second kappa shape index (κ2) is 9.33. The number of hydrogen-bond donors (Lipinski definition) is 2. The van der Waals surface area contributed by atoms with Crippen molar-refractivity contribution in [3.8, 4) is 17.0 Å². The molecule has 0 saturated heterocycles. The first-order valence-corrected chi connectivity index (χ1v) is 11.7. The first-order chi connectivity index (χ1) is 18.4. The summed E-state index contributed by atoms with van der Waals surface area (Å²) in [5.74, 6) is -2.40. The highest BCUT2D eigenvalue weighted by Crippen LogP contribution is 2.59. The summed E-state index contributed by atoms with van der Waals surface area (Å²) in [7, 11) is 1.50. The molecule has 2 heterocycles. The number of anilines is 1. The minimum absolute atomic E-state index is 0.0103. The van der Waals surface area contributed by atoms with E-state index in [2.05, 4.69) is 20.4 Å². The van der Waals surface area contributed by atoms with Crippen molar-refractivity contribution in [2.45, 2.75) is 37.8 Å². The third kappa shape index (κ3) is 4.75. The Labute approximate surface area is 218 Å². The summed E-state index contributed by atoms with van der Waals surface area (Å²) in [5, 5.41) is 5.82. The number of carbonyl (C=O) groups is 2. The average molecular weight is 543 g/mol. The highest BCUT2D eigenvalue weighted by atomic mass is 19.4. The Morgan fingerprint density at radius 1 is 1.13 bits per heavy atom. The third-order valence-electron chi connectivity index (χ3n) is 6.63. The second-order valence-electron chi connectivity index (χ2n) is 9.28. The van der Waals surface area contributed by atoms with Gasteiger partial charge in [0, 0.05) is 17.7 Å². The molecule has 3 N–H and O–H groups in total. The molecule has 9 nitrogen and oxygen atoms in total.